The van der Waals surface area contributed by atoms with Gasteiger partial charge in [-0.05, 0) is 51.1 Å². The fourth-order valence-electron chi connectivity index (χ4n) is 3.08. The molecule has 4 rings (SSSR count). The molecule has 0 fully saturated rings. The molecule has 0 saturated heterocycles. The van der Waals surface area contributed by atoms with Gasteiger partial charge in [-0.2, -0.15) is 0 Å². The predicted molar refractivity (Wildman–Crippen MR) is 123 cm³/mol. The van der Waals surface area contributed by atoms with Crippen LogP contribution in [0.5, 0.6) is 0 Å². The highest BCUT2D eigenvalue weighted by atomic mass is 35.5. The molecule has 1 amide bonds. The minimum absolute atomic E-state index is 0.00753. The van der Waals surface area contributed by atoms with Crippen molar-refractivity contribution in [3.8, 4) is 11.3 Å². The Kier molecular flexibility index (Phi) is 5.96. The van der Waals surface area contributed by atoms with Crippen molar-refractivity contribution in [1.82, 2.24) is 10.3 Å². The lowest BCUT2D eigenvalue weighted by atomic mass is 10.1. The molecular formula is C22H19ClN4O5S. The quantitative estimate of drug-likeness (QED) is 0.394. The maximum Gasteiger partial charge on any atom is 0.264 e. The molecule has 0 radical (unpaired) electrons. The van der Waals surface area contributed by atoms with E-state index in [2.05, 4.69) is 20.4 Å². The van der Waals surface area contributed by atoms with Gasteiger partial charge >= 0.3 is 0 Å². The van der Waals surface area contributed by atoms with Gasteiger partial charge < -0.3 is 14.4 Å². The average Bonchev–Trinajstić information content (AvgIpc) is 3.31. The summed E-state index contributed by atoms with van der Waals surface area (Å²) < 4.78 is 37.9. The third-order valence-corrected chi connectivity index (χ3v) is 6.70. The first-order valence-corrected chi connectivity index (χ1v) is 11.6. The first kappa shape index (κ1) is 22.6. The number of amides is 1. The lowest BCUT2D eigenvalue weighted by Gasteiger charge is -2.09. The van der Waals surface area contributed by atoms with Crippen LogP contribution in [0.15, 0.2) is 62.5 Å². The van der Waals surface area contributed by atoms with Crippen molar-refractivity contribution < 1.29 is 22.3 Å². The highest BCUT2D eigenvalue weighted by Crippen LogP contribution is 2.31. The summed E-state index contributed by atoms with van der Waals surface area (Å²) in [4.78, 5) is 13.0. The van der Waals surface area contributed by atoms with Crippen molar-refractivity contribution in [1.29, 1.82) is 0 Å². The van der Waals surface area contributed by atoms with E-state index in [1.165, 1.54) is 24.3 Å². The van der Waals surface area contributed by atoms with Crippen LogP contribution in [0.4, 0.5) is 11.6 Å². The molecule has 2 heterocycles. The second kappa shape index (κ2) is 8.72. The van der Waals surface area contributed by atoms with E-state index in [1.54, 1.807) is 45.0 Å². The normalized spacial score (nSPS) is 11.4. The molecule has 2 aromatic carbocycles. The van der Waals surface area contributed by atoms with Crippen molar-refractivity contribution in [2.24, 2.45) is 0 Å². The van der Waals surface area contributed by atoms with E-state index < -0.39 is 15.9 Å². The number of anilines is 2. The summed E-state index contributed by atoms with van der Waals surface area (Å²) in [6.45, 7) is 5.03. The fraction of sp³-hybridized carbons (Fsp3) is 0.136. The standard InChI is InChI=1S/C22H19ClN4O5S/c1-12-13(2)25-32-22(12)27-33(29,30)16-10-8-15(9-11-16)24-21(28)19-14(3)31-26-20(19)17-6-4-5-7-18(17)23/h4-11,27H,1-3H3,(H,24,28). The number of hydrogen-bond donors (Lipinski definition) is 2. The van der Waals surface area contributed by atoms with Gasteiger partial charge in [0.2, 0.25) is 5.88 Å². The highest BCUT2D eigenvalue weighted by Gasteiger charge is 2.24. The van der Waals surface area contributed by atoms with Gasteiger partial charge in [0.1, 0.15) is 17.0 Å². The number of aromatic nitrogens is 2. The Labute approximate surface area is 194 Å². The Hall–Kier alpha value is -3.63. The second-order valence-electron chi connectivity index (χ2n) is 7.25. The molecule has 0 spiro atoms. The monoisotopic (exact) mass is 486 g/mol. The number of benzene rings is 2. The third kappa shape index (κ3) is 4.48. The maximum atomic E-state index is 13.0. The smallest absolute Gasteiger partial charge is 0.264 e. The zero-order chi connectivity index (χ0) is 23.8. The number of nitrogens with zero attached hydrogens (tertiary/aromatic N) is 2. The molecule has 0 aliphatic heterocycles. The largest absolute Gasteiger partial charge is 0.360 e. The van der Waals surface area contributed by atoms with Crippen molar-refractivity contribution in [2.45, 2.75) is 25.7 Å². The molecule has 33 heavy (non-hydrogen) atoms. The van der Waals surface area contributed by atoms with Gasteiger partial charge in [0, 0.05) is 16.8 Å². The summed E-state index contributed by atoms with van der Waals surface area (Å²) in [6.07, 6.45) is 0. The Morgan fingerprint density at radius 1 is 0.970 bits per heavy atom. The number of hydrogen-bond acceptors (Lipinski definition) is 7. The molecule has 9 nitrogen and oxygen atoms in total. The molecule has 11 heteroatoms. The SMILES string of the molecule is Cc1noc(NS(=O)(=O)c2ccc(NC(=O)c3c(-c4ccccc4Cl)noc3C)cc2)c1C. The Morgan fingerprint density at radius 3 is 2.30 bits per heavy atom. The summed E-state index contributed by atoms with van der Waals surface area (Å²) in [7, 11) is -3.90. The molecule has 2 N–H and O–H groups in total. The Bertz CT molecular complexity index is 1440. The zero-order valence-corrected chi connectivity index (χ0v) is 19.4. The molecule has 2 aromatic heterocycles. The zero-order valence-electron chi connectivity index (χ0n) is 17.8. The molecule has 0 unspecified atom stereocenters. The summed E-state index contributed by atoms with van der Waals surface area (Å²) in [5.41, 5.74) is 2.68. The van der Waals surface area contributed by atoms with E-state index in [0.717, 1.165) is 0 Å². The Balaban J connectivity index is 1.55. The highest BCUT2D eigenvalue weighted by molar-refractivity contribution is 7.92. The van der Waals surface area contributed by atoms with Crippen LogP contribution >= 0.6 is 11.6 Å². The van der Waals surface area contributed by atoms with E-state index >= 15 is 0 Å². The molecular weight excluding hydrogens is 468 g/mol. The minimum atomic E-state index is -3.90. The summed E-state index contributed by atoms with van der Waals surface area (Å²) >= 11 is 6.25. The van der Waals surface area contributed by atoms with Crippen LogP contribution in [0.3, 0.4) is 0 Å². The third-order valence-electron chi connectivity index (χ3n) is 5.03. The summed E-state index contributed by atoms with van der Waals surface area (Å²) in [5.74, 6) is -0.0892. The lowest BCUT2D eigenvalue weighted by molar-refractivity contribution is 0.102. The molecule has 0 aliphatic rings. The van der Waals surface area contributed by atoms with Crippen LogP contribution in [0.1, 0.15) is 27.4 Å². The first-order valence-electron chi connectivity index (χ1n) is 9.75. The fourth-order valence-corrected chi connectivity index (χ4v) is 4.35. The number of rotatable bonds is 6. The molecule has 0 bridgehead atoms. The van der Waals surface area contributed by atoms with E-state index in [9.17, 15) is 13.2 Å². The van der Waals surface area contributed by atoms with E-state index in [1.807, 2.05) is 0 Å². The number of carbonyl (C=O) groups is 1. The van der Waals surface area contributed by atoms with E-state index in [-0.39, 0.29) is 16.3 Å². The van der Waals surface area contributed by atoms with Crippen LogP contribution in [0.25, 0.3) is 11.3 Å². The summed E-state index contributed by atoms with van der Waals surface area (Å²) in [6, 6.07) is 12.7. The number of carbonyl (C=O) groups excluding carboxylic acids is 1. The lowest BCUT2D eigenvalue weighted by Crippen LogP contribution is -2.15. The van der Waals surface area contributed by atoms with E-state index in [0.29, 0.717) is 39.0 Å². The van der Waals surface area contributed by atoms with E-state index in [4.69, 9.17) is 20.6 Å². The Morgan fingerprint density at radius 2 is 1.67 bits per heavy atom. The van der Waals surface area contributed by atoms with Gasteiger partial charge in [0.25, 0.3) is 15.9 Å². The molecule has 0 aliphatic carbocycles. The van der Waals surface area contributed by atoms with Gasteiger partial charge in [-0.1, -0.05) is 40.1 Å². The van der Waals surface area contributed by atoms with Gasteiger partial charge in [-0.3, -0.25) is 4.79 Å². The minimum Gasteiger partial charge on any atom is -0.360 e. The van der Waals surface area contributed by atoms with Gasteiger partial charge in [0.05, 0.1) is 15.6 Å². The van der Waals surface area contributed by atoms with Crippen molar-refractivity contribution in [3.63, 3.8) is 0 Å². The van der Waals surface area contributed by atoms with Crippen molar-refractivity contribution >= 4 is 39.1 Å². The van der Waals surface area contributed by atoms with Crippen molar-refractivity contribution in [2.75, 3.05) is 10.0 Å². The predicted octanol–water partition coefficient (Wildman–Crippen LogP) is 4.96. The number of aryl methyl sites for hydroxylation is 2. The van der Waals surface area contributed by atoms with Gasteiger partial charge in [-0.25, -0.2) is 13.1 Å². The summed E-state index contributed by atoms with van der Waals surface area (Å²) in [5, 5.41) is 10.9. The molecule has 170 valence electrons. The van der Waals surface area contributed by atoms with Crippen LogP contribution in [-0.2, 0) is 10.0 Å². The van der Waals surface area contributed by atoms with Crippen LogP contribution < -0.4 is 10.0 Å². The van der Waals surface area contributed by atoms with Crippen molar-refractivity contribution in [3.05, 3.63) is 76.1 Å². The molecule has 0 saturated carbocycles. The van der Waals surface area contributed by atoms with Gasteiger partial charge in [0.15, 0.2) is 0 Å². The van der Waals surface area contributed by atoms with Crippen LogP contribution in [0, 0.1) is 20.8 Å². The number of halogens is 1. The van der Waals surface area contributed by atoms with Gasteiger partial charge in [-0.15, -0.1) is 0 Å². The number of nitrogens with one attached hydrogen (secondary N) is 2. The van der Waals surface area contributed by atoms with Crippen LogP contribution in [-0.4, -0.2) is 24.6 Å². The number of sulfonamides is 1. The van der Waals surface area contributed by atoms with Crippen LogP contribution in [0.2, 0.25) is 5.02 Å². The maximum absolute atomic E-state index is 13.0. The molecule has 4 aromatic rings. The second-order valence-corrected chi connectivity index (χ2v) is 9.34. The first-order chi connectivity index (χ1) is 15.7. The average molecular weight is 487 g/mol. The topological polar surface area (TPSA) is 127 Å². The molecule has 0 atom stereocenters.